The zero-order valence-electron chi connectivity index (χ0n) is 15.5. The summed E-state index contributed by atoms with van der Waals surface area (Å²) in [6.07, 6.45) is 5.06. The summed E-state index contributed by atoms with van der Waals surface area (Å²) >= 11 is 0. The van der Waals surface area contributed by atoms with E-state index in [0.717, 1.165) is 0 Å². The van der Waals surface area contributed by atoms with E-state index >= 15 is 0 Å². The van der Waals surface area contributed by atoms with Gasteiger partial charge in [0.15, 0.2) is 0 Å². The Morgan fingerprint density at radius 3 is 2.50 bits per heavy atom. The molecule has 144 valence electrons. The molecular weight excluding hydrogens is 360 g/mol. The van der Waals surface area contributed by atoms with Crippen molar-refractivity contribution in [2.24, 2.45) is 0 Å². The van der Waals surface area contributed by atoms with Gasteiger partial charge in [0.1, 0.15) is 40.1 Å². The highest BCUT2D eigenvalue weighted by molar-refractivity contribution is 5.95. The van der Waals surface area contributed by atoms with Gasteiger partial charge in [0.05, 0.1) is 11.1 Å². The van der Waals surface area contributed by atoms with E-state index < -0.39 is 11.0 Å². The highest BCUT2D eigenvalue weighted by atomic mass is 16.5. The third kappa shape index (κ3) is 2.82. The van der Waals surface area contributed by atoms with E-state index in [9.17, 15) is 20.1 Å². The summed E-state index contributed by atoms with van der Waals surface area (Å²) in [6.45, 7) is 3.59. The van der Waals surface area contributed by atoms with Gasteiger partial charge in [-0.05, 0) is 43.7 Å². The SMILES string of the molecule is CC1(C)C=Cc2c(c(CCO)c3occ(-c4ccc(O)cc4)c(=O)c3c2O)O1. The minimum absolute atomic E-state index is 0.0423. The first-order chi connectivity index (χ1) is 13.3. The predicted octanol–water partition coefficient (Wildman–Crippen LogP) is 3.59. The van der Waals surface area contributed by atoms with E-state index in [1.54, 1.807) is 24.3 Å². The zero-order chi connectivity index (χ0) is 20.1. The molecule has 4 rings (SSSR count). The fourth-order valence-electron chi connectivity index (χ4n) is 3.44. The molecule has 6 nitrogen and oxygen atoms in total. The van der Waals surface area contributed by atoms with Crippen LogP contribution in [0.5, 0.6) is 17.2 Å². The van der Waals surface area contributed by atoms with E-state index in [1.165, 1.54) is 18.4 Å². The molecule has 3 N–H and O–H groups in total. The Bertz CT molecular complexity index is 1150. The van der Waals surface area contributed by atoms with Crippen molar-refractivity contribution in [3.8, 4) is 28.4 Å². The largest absolute Gasteiger partial charge is 0.508 e. The molecule has 0 saturated heterocycles. The Morgan fingerprint density at radius 2 is 1.82 bits per heavy atom. The van der Waals surface area contributed by atoms with Crippen molar-refractivity contribution in [2.45, 2.75) is 25.9 Å². The fourth-order valence-corrected chi connectivity index (χ4v) is 3.44. The molecule has 3 aromatic rings. The van der Waals surface area contributed by atoms with Gasteiger partial charge in [-0.3, -0.25) is 4.79 Å². The number of phenols is 2. The van der Waals surface area contributed by atoms with Gasteiger partial charge < -0.3 is 24.5 Å². The number of fused-ring (bicyclic) bond motifs is 2. The van der Waals surface area contributed by atoms with Crippen molar-refractivity contribution in [3.05, 3.63) is 58.0 Å². The number of rotatable bonds is 3. The summed E-state index contributed by atoms with van der Waals surface area (Å²) in [4.78, 5) is 13.2. The highest BCUT2D eigenvalue weighted by Crippen LogP contribution is 2.44. The van der Waals surface area contributed by atoms with Gasteiger partial charge in [-0.1, -0.05) is 12.1 Å². The Balaban J connectivity index is 2.05. The number of aromatic hydroxyl groups is 2. The van der Waals surface area contributed by atoms with Crippen LogP contribution in [-0.2, 0) is 6.42 Å². The van der Waals surface area contributed by atoms with Crippen LogP contribution < -0.4 is 10.2 Å². The molecule has 0 spiro atoms. The molecule has 2 aromatic carbocycles. The van der Waals surface area contributed by atoms with Crippen LogP contribution in [0.3, 0.4) is 0 Å². The molecule has 0 unspecified atom stereocenters. The van der Waals surface area contributed by atoms with Crippen molar-refractivity contribution in [1.29, 1.82) is 0 Å². The van der Waals surface area contributed by atoms with Crippen LogP contribution in [0.1, 0.15) is 25.0 Å². The lowest BCUT2D eigenvalue weighted by molar-refractivity contribution is 0.155. The van der Waals surface area contributed by atoms with Crippen LogP contribution in [-0.4, -0.2) is 27.5 Å². The first-order valence-corrected chi connectivity index (χ1v) is 8.94. The summed E-state index contributed by atoms with van der Waals surface area (Å²) in [5.74, 6) is 0.279. The minimum Gasteiger partial charge on any atom is -0.508 e. The lowest BCUT2D eigenvalue weighted by Crippen LogP contribution is -2.28. The third-order valence-corrected chi connectivity index (χ3v) is 4.83. The minimum atomic E-state index is -0.594. The second kappa shape index (κ2) is 6.42. The van der Waals surface area contributed by atoms with Crippen LogP contribution >= 0.6 is 0 Å². The Hall–Kier alpha value is -3.25. The smallest absolute Gasteiger partial charge is 0.204 e. The predicted molar refractivity (Wildman–Crippen MR) is 106 cm³/mol. The van der Waals surface area contributed by atoms with Crippen molar-refractivity contribution in [2.75, 3.05) is 6.61 Å². The van der Waals surface area contributed by atoms with Crippen LogP contribution in [0.15, 0.2) is 45.8 Å². The molecule has 0 atom stereocenters. The summed E-state index contributed by atoms with van der Waals surface area (Å²) in [5.41, 5.74) is 0.959. The van der Waals surface area contributed by atoms with Crippen LogP contribution in [0.2, 0.25) is 0 Å². The van der Waals surface area contributed by atoms with Crippen molar-refractivity contribution < 1.29 is 24.5 Å². The number of aliphatic hydroxyl groups is 1. The van der Waals surface area contributed by atoms with E-state index in [4.69, 9.17) is 9.15 Å². The van der Waals surface area contributed by atoms with E-state index in [1.807, 2.05) is 13.8 Å². The molecule has 0 saturated carbocycles. The van der Waals surface area contributed by atoms with Crippen molar-refractivity contribution in [3.63, 3.8) is 0 Å². The Labute approximate surface area is 160 Å². The molecule has 1 aliphatic heterocycles. The summed E-state index contributed by atoms with van der Waals surface area (Å²) < 4.78 is 11.8. The molecule has 1 aromatic heterocycles. The standard InChI is InChI=1S/C22H20O6/c1-22(2)9-7-14-18(25)17-19(26)16(12-3-5-13(24)6-4-12)11-27-21(17)15(8-10-23)20(14)28-22/h3-7,9,11,23-25H,8,10H2,1-2H3. The maximum atomic E-state index is 13.2. The van der Waals surface area contributed by atoms with Gasteiger partial charge in [-0.25, -0.2) is 0 Å². The normalized spacial score (nSPS) is 14.7. The first-order valence-electron chi connectivity index (χ1n) is 8.94. The first kappa shape index (κ1) is 18.1. The Kier molecular flexibility index (Phi) is 4.16. The second-order valence-electron chi connectivity index (χ2n) is 7.31. The van der Waals surface area contributed by atoms with Gasteiger partial charge in [-0.2, -0.15) is 0 Å². The number of hydrogen-bond donors (Lipinski definition) is 3. The summed E-state index contributed by atoms with van der Waals surface area (Å²) in [7, 11) is 0. The number of ether oxygens (including phenoxy) is 1. The molecule has 0 fully saturated rings. The topological polar surface area (TPSA) is 100 Å². The summed E-state index contributed by atoms with van der Waals surface area (Å²) in [5, 5.41) is 29.9. The molecule has 0 amide bonds. The molecule has 2 heterocycles. The molecule has 28 heavy (non-hydrogen) atoms. The molecule has 1 aliphatic rings. The van der Waals surface area contributed by atoms with Gasteiger partial charge >= 0.3 is 0 Å². The van der Waals surface area contributed by atoms with Crippen LogP contribution in [0.4, 0.5) is 0 Å². The van der Waals surface area contributed by atoms with Gasteiger partial charge in [-0.15, -0.1) is 0 Å². The molecule has 0 radical (unpaired) electrons. The average molecular weight is 380 g/mol. The summed E-state index contributed by atoms with van der Waals surface area (Å²) in [6, 6.07) is 6.15. The second-order valence-corrected chi connectivity index (χ2v) is 7.31. The lowest BCUT2D eigenvalue weighted by Gasteiger charge is -2.30. The number of phenolic OH excluding ortho intramolecular Hbond substituents is 2. The van der Waals surface area contributed by atoms with Crippen molar-refractivity contribution >= 4 is 17.0 Å². The molecule has 0 aliphatic carbocycles. The average Bonchev–Trinajstić information content (AvgIpc) is 2.65. The van der Waals surface area contributed by atoms with Crippen molar-refractivity contribution in [1.82, 2.24) is 0 Å². The molecule has 6 heteroatoms. The molecule has 0 bridgehead atoms. The number of hydrogen-bond acceptors (Lipinski definition) is 6. The van der Waals surface area contributed by atoms with Crippen LogP contribution in [0.25, 0.3) is 28.2 Å². The number of benzene rings is 2. The van der Waals surface area contributed by atoms with E-state index in [0.29, 0.717) is 22.4 Å². The maximum absolute atomic E-state index is 13.2. The van der Waals surface area contributed by atoms with E-state index in [-0.39, 0.29) is 41.1 Å². The highest BCUT2D eigenvalue weighted by Gasteiger charge is 2.30. The van der Waals surface area contributed by atoms with Crippen LogP contribution in [0, 0.1) is 0 Å². The lowest BCUT2D eigenvalue weighted by atomic mass is 9.94. The monoisotopic (exact) mass is 380 g/mol. The fraction of sp³-hybridized carbons (Fsp3) is 0.227. The van der Waals surface area contributed by atoms with E-state index in [2.05, 4.69) is 0 Å². The van der Waals surface area contributed by atoms with Gasteiger partial charge in [0.2, 0.25) is 5.43 Å². The third-order valence-electron chi connectivity index (χ3n) is 4.83. The quantitative estimate of drug-likeness (QED) is 0.642. The van der Waals surface area contributed by atoms with Gasteiger partial charge in [0.25, 0.3) is 0 Å². The molecular formula is C22H20O6. The van der Waals surface area contributed by atoms with Gasteiger partial charge in [0, 0.05) is 18.6 Å². The zero-order valence-corrected chi connectivity index (χ0v) is 15.5. The maximum Gasteiger partial charge on any atom is 0.204 e. The number of aliphatic hydroxyl groups excluding tert-OH is 1. The Morgan fingerprint density at radius 1 is 1.11 bits per heavy atom.